The van der Waals surface area contributed by atoms with Crippen LogP contribution in [0.1, 0.15) is 16.6 Å². The van der Waals surface area contributed by atoms with E-state index in [2.05, 4.69) is 17.9 Å². The Morgan fingerprint density at radius 1 is 1.00 bits per heavy atom. The van der Waals surface area contributed by atoms with Gasteiger partial charge in [0, 0.05) is 6.07 Å². The molecule has 0 spiro atoms. The SMILES string of the molecule is NC(=O)c1ccc[n+]([C@@H]2O[C@H](COP(=O)(O)OP(=O)(O)OC[C@H]3OC[C@H](OP(=O)(O)O)[C@@H]3O)[C@@H](O)[C@H]2O)c1. The number of carbonyl (C=O) groups is 1. The molecule has 0 bridgehead atoms. The van der Waals surface area contributed by atoms with Crippen LogP contribution in [0.25, 0.3) is 0 Å². The zero-order valence-electron chi connectivity index (χ0n) is 19.1. The summed E-state index contributed by atoms with van der Waals surface area (Å²) in [7, 11) is -15.7. The first-order valence-corrected chi connectivity index (χ1v) is 15.0. The lowest BCUT2D eigenvalue weighted by Crippen LogP contribution is -2.46. The molecular weight excluding hydrogens is 585 g/mol. The number of aliphatic hydroxyl groups is 3. The van der Waals surface area contributed by atoms with Crippen LogP contribution in [0.3, 0.4) is 0 Å². The van der Waals surface area contributed by atoms with Gasteiger partial charge in [-0.05, 0) is 6.07 Å². The maximum Gasteiger partial charge on any atom is 0.481 e. The van der Waals surface area contributed by atoms with Crippen molar-refractivity contribution in [2.45, 2.75) is 42.9 Å². The molecule has 19 nitrogen and oxygen atoms in total. The lowest BCUT2D eigenvalue weighted by atomic mass is 10.1. The summed E-state index contributed by atoms with van der Waals surface area (Å²) in [6, 6.07) is 2.81. The summed E-state index contributed by atoms with van der Waals surface area (Å²) >= 11 is 0. The highest BCUT2D eigenvalue weighted by molar-refractivity contribution is 7.61. The first-order chi connectivity index (χ1) is 17.5. The maximum atomic E-state index is 12.2. The van der Waals surface area contributed by atoms with Crippen molar-refractivity contribution in [3.05, 3.63) is 30.1 Å². The van der Waals surface area contributed by atoms with Crippen molar-refractivity contribution in [2.24, 2.45) is 5.73 Å². The van der Waals surface area contributed by atoms with E-state index in [0.29, 0.717) is 0 Å². The second-order valence-electron chi connectivity index (χ2n) is 8.06. The van der Waals surface area contributed by atoms with E-state index in [1.165, 1.54) is 29.1 Å². The molecule has 0 aromatic carbocycles. The van der Waals surface area contributed by atoms with E-state index in [9.17, 15) is 43.6 Å². The fraction of sp³-hybridized carbons (Fsp3) is 0.625. The molecule has 0 radical (unpaired) electrons. The van der Waals surface area contributed by atoms with E-state index >= 15 is 0 Å². The highest BCUT2D eigenvalue weighted by Crippen LogP contribution is 2.60. The topological polar surface area (TPSA) is 295 Å². The van der Waals surface area contributed by atoms with E-state index in [1.54, 1.807) is 0 Å². The highest BCUT2D eigenvalue weighted by Gasteiger charge is 2.50. The van der Waals surface area contributed by atoms with Gasteiger partial charge in [0.05, 0.1) is 19.8 Å². The largest absolute Gasteiger partial charge is 0.481 e. The van der Waals surface area contributed by atoms with Gasteiger partial charge in [0.25, 0.3) is 12.1 Å². The molecule has 3 heterocycles. The Kier molecular flexibility index (Phi) is 9.99. The Morgan fingerprint density at radius 3 is 2.18 bits per heavy atom. The Morgan fingerprint density at radius 2 is 1.61 bits per heavy atom. The molecule has 1 aromatic rings. The van der Waals surface area contributed by atoms with E-state index in [1.807, 2.05) is 0 Å². The Labute approximate surface area is 213 Å². The van der Waals surface area contributed by atoms with Gasteiger partial charge >= 0.3 is 23.5 Å². The lowest BCUT2D eigenvalue weighted by Gasteiger charge is -2.21. The number of hydrogen-bond donors (Lipinski definition) is 8. The van der Waals surface area contributed by atoms with Crippen LogP contribution in [0.2, 0.25) is 0 Å². The van der Waals surface area contributed by atoms with E-state index in [0.717, 1.165) is 0 Å². The van der Waals surface area contributed by atoms with Crippen molar-refractivity contribution in [1.29, 1.82) is 0 Å². The molecule has 2 saturated heterocycles. The van der Waals surface area contributed by atoms with Gasteiger partial charge in [-0.1, -0.05) is 0 Å². The standard InChI is InChI=1S/C16H25N2O17P3/c17-15(22)8-2-1-3-18(4-8)16-14(21)13(20)10(33-16)7-32-38(28,29)35-37(26,27)31-6-9-12(19)11(5-30-9)34-36(23,24)25/h1-4,9-14,16,19-21H,5-7H2,(H5-,17,22,23,24,25,26,27,28,29)/p+1/t9-,10-,11+,12-,13-,14-,16-/m1/s1. The number of aromatic nitrogens is 1. The number of nitrogens with two attached hydrogens (primary N) is 1. The normalized spacial score (nSPS) is 33.1. The third-order valence-electron chi connectivity index (χ3n) is 5.26. The smallest absolute Gasteiger partial charge is 0.387 e. The van der Waals surface area contributed by atoms with Gasteiger partial charge in [-0.3, -0.25) is 18.4 Å². The van der Waals surface area contributed by atoms with Crippen molar-refractivity contribution in [1.82, 2.24) is 0 Å². The minimum Gasteiger partial charge on any atom is -0.387 e. The van der Waals surface area contributed by atoms with Crippen molar-refractivity contribution in [3.8, 4) is 0 Å². The average molecular weight is 611 g/mol. The van der Waals surface area contributed by atoms with Gasteiger partial charge < -0.3 is 50.1 Å². The van der Waals surface area contributed by atoms with Crippen LogP contribution in [0.5, 0.6) is 0 Å². The second-order valence-corrected chi connectivity index (χ2v) is 12.3. The van der Waals surface area contributed by atoms with E-state index < -0.39 is 92.0 Å². The van der Waals surface area contributed by atoms with Gasteiger partial charge in [0.15, 0.2) is 18.5 Å². The monoisotopic (exact) mass is 611 g/mol. The molecule has 2 aliphatic rings. The lowest BCUT2D eigenvalue weighted by molar-refractivity contribution is -0.765. The zero-order valence-corrected chi connectivity index (χ0v) is 21.7. The number of aliphatic hydroxyl groups excluding tert-OH is 3. The Balaban J connectivity index is 1.52. The minimum absolute atomic E-state index is 0.0600. The molecule has 2 fully saturated rings. The van der Waals surface area contributed by atoms with Gasteiger partial charge in [0.1, 0.15) is 36.1 Å². The number of pyridine rings is 1. The van der Waals surface area contributed by atoms with Crippen LogP contribution in [-0.2, 0) is 41.1 Å². The summed E-state index contributed by atoms with van der Waals surface area (Å²) < 4.78 is 64.3. The summed E-state index contributed by atoms with van der Waals surface area (Å²) in [5, 5.41) is 30.4. The Hall–Kier alpha value is -1.21. The molecule has 1 aromatic heterocycles. The quantitative estimate of drug-likeness (QED) is 0.0873. The van der Waals surface area contributed by atoms with Gasteiger partial charge in [-0.2, -0.15) is 8.88 Å². The molecule has 1 amide bonds. The fourth-order valence-electron chi connectivity index (χ4n) is 3.49. The molecule has 9 N–H and O–H groups in total. The number of hydrogen-bond acceptors (Lipinski definition) is 13. The summed E-state index contributed by atoms with van der Waals surface area (Å²) in [5.74, 6) is -0.774. The predicted molar refractivity (Wildman–Crippen MR) is 116 cm³/mol. The molecule has 38 heavy (non-hydrogen) atoms. The first-order valence-electron chi connectivity index (χ1n) is 10.5. The van der Waals surface area contributed by atoms with Crippen LogP contribution in [0, 0.1) is 0 Å². The highest BCUT2D eigenvalue weighted by atomic mass is 31.3. The Bertz CT molecular complexity index is 1150. The van der Waals surface area contributed by atoms with Crippen LogP contribution in [0.4, 0.5) is 0 Å². The third kappa shape index (κ3) is 8.39. The van der Waals surface area contributed by atoms with Crippen molar-refractivity contribution in [3.63, 3.8) is 0 Å². The average Bonchev–Trinajstić information content (AvgIpc) is 3.28. The number of carbonyl (C=O) groups excluding carboxylic acids is 1. The second kappa shape index (κ2) is 12.1. The number of rotatable bonds is 12. The zero-order chi connectivity index (χ0) is 28.5. The number of phosphoric acid groups is 3. The van der Waals surface area contributed by atoms with Crippen molar-refractivity contribution in [2.75, 3.05) is 19.8 Å². The van der Waals surface area contributed by atoms with Gasteiger partial charge in [0.2, 0.25) is 0 Å². The van der Waals surface area contributed by atoms with Crippen LogP contribution in [-0.4, -0.2) is 97.2 Å². The number of nitrogens with zero attached hydrogens (tertiary/aromatic N) is 1. The molecule has 22 heteroatoms. The number of phosphoric ester groups is 3. The molecule has 9 atom stereocenters. The predicted octanol–water partition coefficient (Wildman–Crippen LogP) is -2.82. The molecule has 216 valence electrons. The molecule has 2 unspecified atom stereocenters. The molecular formula is C16H26N2O17P3+. The molecule has 2 aliphatic heterocycles. The van der Waals surface area contributed by atoms with Gasteiger partial charge in [-0.25, -0.2) is 13.7 Å². The summed E-state index contributed by atoms with van der Waals surface area (Å²) in [4.78, 5) is 48.5. The van der Waals surface area contributed by atoms with E-state index in [4.69, 9.17) is 25.0 Å². The summed E-state index contributed by atoms with van der Waals surface area (Å²) in [5.41, 5.74) is 5.26. The minimum atomic E-state index is -5.35. The van der Waals surface area contributed by atoms with Crippen LogP contribution in [0.15, 0.2) is 24.5 Å². The fourth-order valence-corrected chi connectivity index (χ4v) is 6.12. The molecule has 0 saturated carbocycles. The summed E-state index contributed by atoms with van der Waals surface area (Å²) in [6.45, 7) is -2.33. The van der Waals surface area contributed by atoms with Crippen LogP contribution < -0.4 is 10.3 Å². The number of amides is 1. The number of ether oxygens (including phenoxy) is 2. The maximum absolute atomic E-state index is 12.2. The van der Waals surface area contributed by atoms with Gasteiger partial charge in [-0.15, -0.1) is 0 Å². The first kappa shape index (κ1) is 31.3. The number of primary amides is 1. The van der Waals surface area contributed by atoms with Crippen molar-refractivity contribution >= 4 is 29.4 Å². The van der Waals surface area contributed by atoms with E-state index in [-0.39, 0.29) is 5.56 Å². The van der Waals surface area contributed by atoms with Crippen molar-refractivity contribution < 1.29 is 85.3 Å². The molecule has 0 aliphatic carbocycles. The van der Waals surface area contributed by atoms with Crippen LogP contribution >= 0.6 is 23.5 Å². The summed E-state index contributed by atoms with van der Waals surface area (Å²) in [6.07, 6.45) is -7.91. The third-order valence-corrected chi connectivity index (χ3v) is 8.40. The molecule has 3 rings (SSSR count).